The second kappa shape index (κ2) is 9.22. The quantitative estimate of drug-likeness (QED) is 0.634. The molecule has 0 unspecified atom stereocenters. The summed E-state index contributed by atoms with van der Waals surface area (Å²) in [6, 6.07) is 14.4. The maximum atomic E-state index is 12.8. The standard InChI is InChI=1S/C22H23F2N5O2/c23-20(24)21-26-17-7-6-16(12-18(17)27-21)22(31)29-10-8-28(9-11-29)14-19(30)25-13-15-4-2-1-3-5-15/h1-7,12,20H,8-11,13-14H2,(H,25,30)(H,26,27). The molecule has 2 heterocycles. The van der Waals surface area contributed by atoms with Crippen LogP contribution in [0.5, 0.6) is 0 Å². The Bertz CT molecular complexity index is 1060. The van der Waals surface area contributed by atoms with E-state index in [4.69, 9.17) is 0 Å². The number of aromatic amines is 1. The number of carbonyl (C=O) groups excluding carboxylic acids is 2. The lowest BCUT2D eigenvalue weighted by Gasteiger charge is -2.34. The molecule has 2 amide bonds. The zero-order valence-electron chi connectivity index (χ0n) is 16.9. The molecule has 9 heteroatoms. The van der Waals surface area contributed by atoms with Crippen LogP contribution in [0.25, 0.3) is 11.0 Å². The molecule has 2 aromatic carbocycles. The van der Waals surface area contributed by atoms with Gasteiger partial charge in [0, 0.05) is 38.3 Å². The topological polar surface area (TPSA) is 81.3 Å². The van der Waals surface area contributed by atoms with Gasteiger partial charge in [0.05, 0.1) is 17.6 Å². The number of H-pyrrole nitrogens is 1. The third-order valence-electron chi connectivity index (χ3n) is 5.31. The van der Waals surface area contributed by atoms with E-state index in [1.807, 2.05) is 35.2 Å². The smallest absolute Gasteiger partial charge is 0.295 e. The van der Waals surface area contributed by atoms with Gasteiger partial charge in [-0.25, -0.2) is 13.8 Å². The number of hydrogen-bond acceptors (Lipinski definition) is 4. The number of aromatic nitrogens is 2. The molecule has 31 heavy (non-hydrogen) atoms. The van der Waals surface area contributed by atoms with Crippen LogP contribution in [0.15, 0.2) is 48.5 Å². The third kappa shape index (κ3) is 5.05. The van der Waals surface area contributed by atoms with E-state index in [-0.39, 0.29) is 18.4 Å². The molecular formula is C22H23F2N5O2. The molecular weight excluding hydrogens is 404 g/mol. The predicted octanol–water partition coefficient (Wildman–Crippen LogP) is 2.57. The highest BCUT2D eigenvalue weighted by atomic mass is 19.3. The zero-order valence-corrected chi connectivity index (χ0v) is 16.9. The Hall–Kier alpha value is -3.33. The van der Waals surface area contributed by atoms with E-state index in [1.165, 1.54) is 0 Å². The fourth-order valence-electron chi connectivity index (χ4n) is 3.61. The van der Waals surface area contributed by atoms with Gasteiger partial charge in [-0.1, -0.05) is 30.3 Å². The lowest BCUT2D eigenvalue weighted by Crippen LogP contribution is -2.51. The van der Waals surface area contributed by atoms with Crippen LogP contribution in [0.1, 0.15) is 28.2 Å². The molecule has 162 valence electrons. The van der Waals surface area contributed by atoms with Crippen molar-refractivity contribution in [1.82, 2.24) is 25.1 Å². The number of halogens is 2. The summed E-state index contributed by atoms with van der Waals surface area (Å²) < 4.78 is 25.6. The van der Waals surface area contributed by atoms with Crippen molar-refractivity contribution in [3.63, 3.8) is 0 Å². The van der Waals surface area contributed by atoms with Gasteiger partial charge in [-0.05, 0) is 23.8 Å². The van der Waals surface area contributed by atoms with E-state index < -0.39 is 12.2 Å². The average molecular weight is 427 g/mol. The minimum Gasteiger partial charge on any atom is -0.351 e. The second-order valence-corrected chi connectivity index (χ2v) is 7.49. The van der Waals surface area contributed by atoms with Gasteiger partial charge in [-0.2, -0.15) is 0 Å². The van der Waals surface area contributed by atoms with E-state index in [0.29, 0.717) is 49.3 Å². The number of alkyl halides is 2. The summed E-state index contributed by atoms with van der Waals surface area (Å²) in [6.45, 7) is 2.94. The summed E-state index contributed by atoms with van der Waals surface area (Å²) in [5.41, 5.74) is 2.28. The highest BCUT2D eigenvalue weighted by Crippen LogP contribution is 2.21. The monoisotopic (exact) mass is 427 g/mol. The number of piperazine rings is 1. The first-order valence-electron chi connectivity index (χ1n) is 10.1. The number of fused-ring (bicyclic) bond motifs is 1. The molecule has 0 radical (unpaired) electrons. The lowest BCUT2D eigenvalue weighted by molar-refractivity contribution is -0.122. The van der Waals surface area contributed by atoms with Gasteiger partial charge in [-0.3, -0.25) is 14.5 Å². The number of amides is 2. The van der Waals surface area contributed by atoms with Crippen molar-refractivity contribution in [2.45, 2.75) is 13.0 Å². The summed E-state index contributed by atoms with van der Waals surface area (Å²) in [7, 11) is 0. The highest BCUT2D eigenvalue weighted by molar-refractivity contribution is 5.97. The summed E-state index contributed by atoms with van der Waals surface area (Å²) in [6.07, 6.45) is -2.69. The molecule has 1 saturated heterocycles. The number of carbonyl (C=O) groups is 2. The van der Waals surface area contributed by atoms with Crippen molar-refractivity contribution in [3.05, 3.63) is 65.5 Å². The van der Waals surface area contributed by atoms with Crippen LogP contribution < -0.4 is 5.32 Å². The molecule has 0 saturated carbocycles. The summed E-state index contributed by atoms with van der Waals surface area (Å²) in [5.74, 6) is -0.620. The molecule has 0 spiro atoms. The van der Waals surface area contributed by atoms with E-state index in [0.717, 1.165) is 5.56 Å². The van der Waals surface area contributed by atoms with Crippen LogP contribution in [0.2, 0.25) is 0 Å². The minimum absolute atomic E-state index is 0.0526. The normalized spacial score (nSPS) is 14.9. The maximum absolute atomic E-state index is 12.8. The van der Waals surface area contributed by atoms with Crippen LogP contribution >= 0.6 is 0 Å². The first-order chi connectivity index (χ1) is 15.0. The van der Waals surface area contributed by atoms with Crippen molar-refractivity contribution in [2.75, 3.05) is 32.7 Å². The van der Waals surface area contributed by atoms with Crippen molar-refractivity contribution in [3.8, 4) is 0 Å². The van der Waals surface area contributed by atoms with Crippen LogP contribution in [0.4, 0.5) is 8.78 Å². The van der Waals surface area contributed by atoms with Crippen LogP contribution in [-0.2, 0) is 11.3 Å². The number of rotatable bonds is 6. The zero-order chi connectivity index (χ0) is 21.8. The molecule has 2 N–H and O–H groups in total. The Balaban J connectivity index is 1.28. The molecule has 1 fully saturated rings. The van der Waals surface area contributed by atoms with Crippen molar-refractivity contribution in [2.24, 2.45) is 0 Å². The second-order valence-electron chi connectivity index (χ2n) is 7.49. The van der Waals surface area contributed by atoms with Crippen LogP contribution in [0.3, 0.4) is 0 Å². The molecule has 0 atom stereocenters. The van der Waals surface area contributed by atoms with Gasteiger partial charge >= 0.3 is 0 Å². The highest BCUT2D eigenvalue weighted by Gasteiger charge is 2.24. The van der Waals surface area contributed by atoms with Crippen molar-refractivity contribution < 1.29 is 18.4 Å². The van der Waals surface area contributed by atoms with Gasteiger partial charge in [0.15, 0.2) is 5.82 Å². The lowest BCUT2D eigenvalue weighted by atomic mass is 10.1. The Morgan fingerprint density at radius 3 is 2.52 bits per heavy atom. The van der Waals surface area contributed by atoms with E-state index in [2.05, 4.69) is 15.3 Å². The minimum atomic E-state index is -2.69. The summed E-state index contributed by atoms with van der Waals surface area (Å²) >= 11 is 0. The van der Waals surface area contributed by atoms with Crippen molar-refractivity contribution in [1.29, 1.82) is 0 Å². The van der Waals surface area contributed by atoms with Gasteiger partial charge in [-0.15, -0.1) is 0 Å². The van der Waals surface area contributed by atoms with E-state index in [1.54, 1.807) is 23.1 Å². The largest absolute Gasteiger partial charge is 0.351 e. The molecule has 3 aromatic rings. The molecule has 0 aliphatic carbocycles. The molecule has 7 nitrogen and oxygen atoms in total. The predicted molar refractivity (Wildman–Crippen MR) is 112 cm³/mol. The molecule has 1 aliphatic heterocycles. The average Bonchev–Trinajstić information content (AvgIpc) is 3.22. The Morgan fingerprint density at radius 1 is 1.06 bits per heavy atom. The maximum Gasteiger partial charge on any atom is 0.295 e. The molecule has 0 bridgehead atoms. The summed E-state index contributed by atoms with van der Waals surface area (Å²) in [4.78, 5) is 35.1. The first kappa shape index (κ1) is 20.9. The van der Waals surface area contributed by atoms with Gasteiger partial charge in [0.1, 0.15) is 0 Å². The molecule has 4 rings (SSSR count). The first-order valence-corrected chi connectivity index (χ1v) is 10.1. The fraction of sp³-hybridized carbons (Fsp3) is 0.318. The number of nitrogens with zero attached hydrogens (tertiary/aromatic N) is 3. The van der Waals surface area contributed by atoms with Crippen LogP contribution in [0, 0.1) is 0 Å². The van der Waals surface area contributed by atoms with Gasteiger partial charge in [0.25, 0.3) is 12.3 Å². The van der Waals surface area contributed by atoms with Gasteiger partial charge < -0.3 is 15.2 Å². The number of imidazole rings is 1. The Labute approximate surface area is 178 Å². The molecule has 1 aliphatic rings. The van der Waals surface area contributed by atoms with E-state index in [9.17, 15) is 18.4 Å². The Morgan fingerprint density at radius 2 is 1.81 bits per heavy atom. The molecule has 1 aromatic heterocycles. The van der Waals surface area contributed by atoms with E-state index >= 15 is 0 Å². The Kier molecular flexibility index (Phi) is 6.22. The fourth-order valence-corrected chi connectivity index (χ4v) is 3.61. The van der Waals surface area contributed by atoms with Gasteiger partial charge in [0.2, 0.25) is 5.91 Å². The SMILES string of the molecule is O=C(CN1CCN(C(=O)c2ccc3nc(C(F)F)[nH]c3c2)CC1)NCc1ccccc1. The number of benzene rings is 2. The summed E-state index contributed by atoms with van der Waals surface area (Å²) in [5, 5.41) is 2.91. The van der Waals surface area contributed by atoms with Crippen LogP contribution in [-0.4, -0.2) is 64.3 Å². The number of nitrogens with one attached hydrogen (secondary N) is 2. The number of hydrogen-bond donors (Lipinski definition) is 2. The third-order valence-corrected chi connectivity index (χ3v) is 5.31. The van der Waals surface area contributed by atoms with Crippen molar-refractivity contribution >= 4 is 22.8 Å².